The molecule has 0 unspecified atom stereocenters. The van der Waals surface area contributed by atoms with Crippen LogP contribution in [0.3, 0.4) is 0 Å². The van der Waals surface area contributed by atoms with Crippen LogP contribution in [0.5, 0.6) is 5.75 Å². The molecule has 158 valence electrons. The fourth-order valence-corrected chi connectivity index (χ4v) is 4.22. The van der Waals surface area contributed by atoms with Crippen molar-refractivity contribution in [2.24, 2.45) is 5.41 Å². The Hall–Kier alpha value is -3.16. The highest BCUT2D eigenvalue weighted by molar-refractivity contribution is 5.77. The number of aromatic amines is 1. The van der Waals surface area contributed by atoms with Crippen molar-refractivity contribution in [2.45, 2.75) is 45.4 Å². The Labute approximate surface area is 174 Å². The van der Waals surface area contributed by atoms with E-state index in [2.05, 4.69) is 20.5 Å². The summed E-state index contributed by atoms with van der Waals surface area (Å²) in [6.07, 6.45) is 9.80. The normalized spacial score (nSPS) is 15.8. The molecule has 3 heterocycles. The van der Waals surface area contributed by atoms with Gasteiger partial charge in [-0.05, 0) is 37.3 Å². The van der Waals surface area contributed by atoms with Crippen molar-refractivity contribution < 1.29 is 9.53 Å². The van der Waals surface area contributed by atoms with Gasteiger partial charge in [-0.25, -0.2) is 0 Å². The number of carbonyl (C=O) groups excluding carboxylic acids is 1. The summed E-state index contributed by atoms with van der Waals surface area (Å²) in [5.74, 6) is 0.841. The number of H-pyrrole nitrogens is 1. The van der Waals surface area contributed by atoms with E-state index in [-0.39, 0.29) is 29.1 Å². The minimum Gasteiger partial charge on any atom is -0.478 e. The Morgan fingerprint density at radius 3 is 2.90 bits per heavy atom. The second-order valence-corrected chi connectivity index (χ2v) is 8.19. The van der Waals surface area contributed by atoms with Gasteiger partial charge >= 0.3 is 0 Å². The molecule has 30 heavy (non-hydrogen) atoms. The van der Waals surface area contributed by atoms with E-state index in [9.17, 15) is 9.59 Å². The van der Waals surface area contributed by atoms with Crippen LogP contribution in [0.1, 0.15) is 43.6 Å². The molecule has 2 N–H and O–H groups in total. The first-order valence-electron chi connectivity index (χ1n) is 10.4. The lowest BCUT2D eigenvalue weighted by molar-refractivity contribution is -0.123. The number of amides is 1. The third kappa shape index (κ3) is 4.53. The molecule has 0 aromatic carbocycles. The van der Waals surface area contributed by atoms with Crippen LogP contribution < -0.4 is 15.5 Å². The van der Waals surface area contributed by atoms with Gasteiger partial charge in [0.1, 0.15) is 5.82 Å². The monoisotopic (exact) mass is 409 g/mol. The highest BCUT2D eigenvalue weighted by atomic mass is 16.5. The van der Waals surface area contributed by atoms with E-state index in [4.69, 9.17) is 4.74 Å². The van der Waals surface area contributed by atoms with Crippen molar-refractivity contribution in [3.8, 4) is 5.75 Å². The topological polar surface area (TPSA) is 101 Å². The van der Waals surface area contributed by atoms with Gasteiger partial charge < -0.3 is 15.0 Å². The summed E-state index contributed by atoms with van der Waals surface area (Å²) in [5.41, 5.74) is 1.30. The average molecular weight is 409 g/mol. The van der Waals surface area contributed by atoms with E-state index < -0.39 is 0 Å². The number of rotatable bonds is 7. The zero-order chi connectivity index (χ0) is 21.0. The number of nitrogens with one attached hydrogen (secondary N) is 2. The number of carbonyl (C=O) groups is 1. The minimum absolute atomic E-state index is 0.0476. The molecule has 3 aromatic heterocycles. The van der Waals surface area contributed by atoms with Gasteiger partial charge in [0, 0.05) is 37.1 Å². The molecular formula is C22H27N5O3. The molecule has 1 aliphatic carbocycles. The Kier molecular flexibility index (Phi) is 5.83. The number of aromatic nitrogens is 4. The molecule has 8 heteroatoms. The minimum atomic E-state index is -0.235. The summed E-state index contributed by atoms with van der Waals surface area (Å²) >= 11 is 0. The Morgan fingerprint density at radius 1 is 1.27 bits per heavy atom. The van der Waals surface area contributed by atoms with Gasteiger partial charge in [0.05, 0.1) is 0 Å². The molecular weight excluding hydrogens is 382 g/mol. The largest absolute Gasteiger partial charge is 0.478 e. The average Bonchev–Trinajstić information content (AvgIpc) is 3.15. The molecule has 3 aromatic rings. The molecule has 0 radical (unpaired) electrons. The van der Waals surface area contributed by atoms with Crippen LogP contribution >= 0.6 is 0 Å². The van der Waals surface area contributed by atoms with Crippen molar-refractivity contribution in [3.05, 3.63) is 58.4 Å². The highest BCUT2D eigenvalue weighted by Gasteiger charge is 2.34. The standard InChI is InChI=1S/C22H27N5O3/c1-16-11-17(28)18(13-23-16)30-14-21(29)24-15-22(8-4-2-5-9-22)12-20-26-25-19-7-3-6-10-27(19)20/h3,6-7,10-11,13H,2,4-5,8-9,12,14-15H2,1H3,(H,23,28)(H,24,29). The van der Waals surface area contributed by atoms with Crippen LogP contribution in [0, 0.1) is 12.3 Å². The van der Waals surface area contributed by atoms with Crippen LogP contribution in [0.25, 0.3) is 5.65 Å². The lowest BCUT2D eigenvalue weighted by Gasteiger charge is -2.37. The number of ether oxygens (including phenoxy) is 1. The van der Waals surface area contributed by atoms with Crippen molar-refractivity contribution in [1.82, 2.24) is 24.9 Å². The van der Waals surface area contributed by atoms with Crippen LogP contribution in [0.2, 0.25) is 0 Å². The quantitative estimate of drug-likeness (QED) is 0.624. The van der Waals surface area contributed by atoms with E-state index in [0.29, 0.717) is 6.54 Å². The van der Waals surface area contributed by atoms with Crippen LogP contribution in [0.15, 0.2) is 41.5 Å². The lowest BCUT2D eigenvalue weighted by atomic mass is 9.71. The Balaban J connectivity index is 1.40. The smallest absolute Gasteiger partial charge is 0.257 e. The predicted molar refractivity (Wildman–Crippen MR) is 113 cm³/mol. The van der Waals surface area contributed by atoms with Crippen molar-refractivity contribution in [3.63, 3.8) is 0 Å². The van der Waals surface area contributed by atoms with E-state index in [1.165, 1.54) is 18.7 Å². The van der Waals surface area contributed by atoms with Gasteiger partial charge in [-0.2, -0.15) is 0 Å². The zero-order valence-electron chi connectivity index (χ0n) is 17.2. The van der Waals surface area contributed by atoms with Gasteiger partial charge in [-0.3, -0.25) is 14.0 Å². The van der Waals surface area contributed by atoms with Gasteiger partial charge in [0.25, 0.3) is 5.91 Å². The van der Waals surface area contributed by atoms with Gasteiger partial charge in [0.15, 0.2) is 18.0 Å². The van der Waals surface area contributed by atoms with Crippen molar-refractivity contribution >= 4 is 11.6 Å². The maximum absolute atomic E-state index is 12.4. The Bertz CT molecular complexity index is 1080. The molecule has 0 bridgehead atoms. The molecule has 0 atom stereocenters. The number of hydrogen-bond acceptors (Lipinski definition) is 5. The fraction of sp³-hybridized carbons (Fsp3) is 0.455. The van der Waals surface area contributed by atoms with E-state index in [0.717, 1.165) is 49.3 Å². The number of nitrogens with zero attached hydrogens (tertiary/aromatic N) is 3. The maximum Gasteiger partial charge on any atom is 0.257 e. The van der Waals surface area contributed by atoms with Gasteiger partial charge in [-0.1, -0.05) is 25.3 Å². The van der Waals surface area contributed by atoms with Gasteiger partial charge in [-0.15, -0.1) is 10.2 Å². The third-order valence-corrected chi connectivity index (χ3v) is 5.87. The molecule has 1 fully saturated rings. The second-order valence-electron chi connectivity index (χ2n) is 8.19. The summed E-state index contributed by atoms with van der Waals surface area (Å²) in [6.45, 7) is 2.16. The van der Waals surface area contributed by atoms with E-state index >= 15 is 0 Å². The van der Waals surface area contributed by atoms with Crippen molar-refractivity contribution in [1.29, 1.82) is 0 Å². The highest BCUT2D eigenvalue weighted by Crippen LogP contribution is 2.38. The summed E-state index contributed by atoms with van der Waals surface area (Å²) in [6, 6.07) is 7.31. The first-order valence-corrected chi connectivity index (χ1v) is 10.4. The summed E-state index contributed by atoms with van der Waals surface area (Å²) in [4.78, 5) is 27.2. The molecule has 1 aliphatic rings. The molecule has 1 saturated carbocycles. The molecule has 4 rings (SSSR count). The first-order chi connectivity index (χ1) is 14.5. The molecule has 0 aliphatic heterocycles. The predicted octanol–water partition coefficient (Wildman–Crippen LogP) is 2.41. The fourth-order valence-electron chi connectivity index (χ4n) is 4.22. The van der Waals surface area contributed by atoms with E-state index in [1.807, 2.05) is 28.8 Å². The number of aryl methyl sites for hydroxylation is 1. The number of fused-ring (bicyclic) bond motifs is 1. The summed E-state index contributed by atoms with van der Waals surface area (Å²) in [5, 5.41) is 11.7. The SMILES string of the molecule is Cc1cc(=O)c(OCC(=O)NCC2(Cc3nnc4ccccn34)CCCCC2)c[nH]1. The van der Waals surface area contributed by atoms with Crippen LogP contribution in [-0.4, -0.2) is 38.6 Å². The Morgan fingerprint density at radius 2 is 2.10 bits per heavy atom. The molecule has 0 spiro atoms. The third-order valence-electron chi connectivity index (χ3n) is 5.87. The zero-order valence-corrected chi connectivity index (χ0v) is 17.2. The lowest BCUT2D eigenvalue weighted by Crippen LogP contribution is -2.42. The number of hydrogen-bond donors (Lipinski definition) is 2. The van der Waals surface area contributed by atoms with Crippen molar-refractivity contribution in [2.75, 3.05) is 13.2 Å². The summed E-state index contributed by atoms with van der Waals surface area (Å²) in [7, 11) is 0. The molecule has 8 nitrogen and oxygen atoms in total. The first kappa shape index (κ1) is 20.1. The summed E-state index contributed by atoms with van der Waals surface area (Å²) < 4.78 is 7.43. The number of pyridine rings is 2. The maximum atomic E-state index is 12.4. The molecule has 1 amide bonds. The van der Waals surface area contributed by atoms with Gasteiger partial charge in [0.2, 0.25) is 5.43 Å². The van der Waals surface area contributed by atoms with Crippen LogP contribution in [-0.2, 0) is 11.2 Å². The van der Waals surface area contributed by atoms with Crippen LogP contribution in [0.4, 0.5) is 0 Å². The second kappa shape index (κ2) is 8.69. The molecule has 0 saturated heterocycles. The van der Waals surface area contributed by atoms with E-state index in [1.54, 1.807) is 6.92 Å².